The fraction of sp³-hybridized carbons (Fsp3) is 0.455. The molecule has 1 unspecified atom stereocenters. The molecule has 1 aromatic rings. The predicted octanol–water partition coefficient (Wildman–Crippen LogP) is 1.90. The summed E-state index contributed by atoms with van der Waals surface area (Å²) < 4.78 is 36.3. The molecule has 0 heterocycles. The van der Waals surface area contributed by atoms with Crippen LogP contribution in [0.25, 0.3) is 0 Å². The number of rotatable bonds is 3. The van der Waals surface area contributed by atoms with Crippen molar-refractivity contribution in [3.63, 3.8) is 0 Å². The van der Waals surface area contributed by atoms with E-state index in [1.54, 1.807) is 6.07 Å². The van der Waals surface area contributed by atoms with Crippen LogP contribution < -0.4 is 15.2 Å². The first kappa shape index (κ1) is 11.1. The highest BCUT2D eigenvalue weighted by Gasteiger charge is 2.70. The van der Waals surface area contributed by atoms with Crippen molar-refractivity contribution in [2.75, 3.05) is 14.2 Å². The van der Waals surface area contributed by atoms with Gasteiger partial charge < -0.3 is 15.2 Å². The van der Waals surface area contributed by atoms with Crippen LogP contribution in [0.2, 0.25) is 0 Å². The Morgan fingerprint density at radius 2 is 1.56 bits per heavy atom. The van der Waals surface area contributed by atoms with E-state index in [4.69, 9.17) is 15.2 Å². The van der Waals surface area contributed by atoms with E-state index in [0.29, 0.717) is 17.1 Å². The highest BCUT2D eigenvalue weighted by Crippen LogP contribution is 2.58. The predicted molar refractivity (Wildman–Crippen MR) is 55.0 cm³/mol. The van der Waals surface area contributed by atoms with E-state index in [9.17, 15) is 8.78 Å². The molecular formula is C11H13F2NO2. The largest absolute Gasteiger partial charge is 0.497 e. The molecule has 1 saturated carbocycles. The molecule has 1 aromatic carbocycles. The maximum absolute atomic E-state index is 13.1. The van der Waals surface area contributed by atoms with Crippen molar-refractivity contribution < 1.29 is 18.3 Å². The summed E-state index contributed by atoms with van der Waals surface area (Å²) in [5, 5.41) is 0. The summed E-state index contributed by atoms with van der Waals surface area (Å²) in [6.45, 7) is 0. The number of alkyl halides is 2. The molecule has 88 valence electrons. The highest BCUT2D eigenvalue weighted by molar-refractivity contribution is 5.46. The fourth-order valence-corrected chi connectivity index (χ4v) is 1.68. The van der Waals surface area contributed by atoms with Crippen LogP contribution in [-0.4, -0.2) is 20.1 Å². The second-order valence-corrected chi connectivity index (χ2v) is 3.95. The molecule has 3 nitrogen and oxygen atoms in total. The van der Waals surface area contributed by atoms with E-state index in [2.05, 4.69) is 0 Å². The van der Waals surface area contributed by atoms with Gasteiger partial charge in [0.05, 0.1) is 14.2 Å². The van der Waals surface area contributed by atoms with Crippen LogP contribution >= 0.6 is 0 Å². The summed E-state index contributed by atoms with van der Waals surface area (Å²) in [5.41, 5.74) is 4.40. The molecule has 1 aliphatic rings. The van der Waals surface area contributed by atoms with E-state index < -0.39 is 11.5 Å². The Morgan fingerprint density at radius 3 is 1.88 bits per heavy atom. The number of hydrogen-bond donors (Lipinski definition) is 1. The summed E-state index contributed by atoms with van der Waals surface area (Å²) in [7, 11) is 2.93. The highest BCUT2D eigenvalue weighted by atomic mass is 19.3. The van der Waals surface area contributed by atoms with Gasteiger partial charge in [-0.2, -0.15) is 0 Å². The van der Waals surface area contributed by atoms with Crippen molar-refractivity contribution in [3.05, 3.63) is 23.8 Å². The molecule has 0 amide bonds. The zero-order valence-corrected chi connectivity index (χ0v) is 9.09. The van der Waals surface area contributed by atoms with Crippen LogP contribution in [0, 0.1) is 0 Å². The van der Waals surface area contributed by atoms with E-state index >= 15 is 0 Å². The molecule has 2 rings (SSSR count). The molecular weight excluding hydrogens is 216 g/mol. The van der Waals surface area contributed by atoms with Gasteiger partial charge in [0.2, 0.25) is 0 Å². The molecule has 5 heteroatoms. The number of benzene rings is 1. The van der Waals surface area contributed by atoms with E-state index in [1.165, 1.54) is 26.4 Å². The molecule has 1 atom stereocenters. The van der Waals surface area contributed by atoms with Crippen molar-refractivity contribution in [2.45, 2.75) is 17.9 Å². The minimum absolute atomic E-state index is 0.337. The molecule has 16 heavy (non-hydrogen) atoms. The van der Waals surface area contributed by atoms with Crippen LogP contribution in [0.3, 0.4) is 0 Å². The van der Waals surface area contributed by atoms with E-state index in [1.807, 2.05) is 0 Å². The van der Waals surface area contributed by atoms with Gasteiger partial charge in [-0.25, -0.2) is 8.78 Å². The van der Waals surface area contributed by atoms with Crippen LogP contribution in [0.1, 0.15) is 12.0 Å². The normalized spacial score (nSPS) is 26.3. The second-order valence-electron chi connectivity index (χ2n) is 3.95. The van der Waals surface area contributed by atoms with Gasteiger partial charge in [-0.1, -0.05) is 0 Å². The molecule has 0 spiro atoms. The van der Waals surface area contributed by atoms with Gasteiger partial charge in [0.25, 0.3) is 5.92 Å². The monoisotopic (exact) mass is 229 g/mol. The zero-order chi connectivity index (χ0) is 12.0. The average Bonchev–Trinajstić information content (AvgIpc) is 2.79. The van der Waals surface area contributed by atoms with Gasteiger partial charge in [-0.05, 0) is 17.7 Å². The Balaban J connectivity index is 2.42. The molecule has 0 bridgehead atoms. The number of hydrogen-bond acceptors (Lipinski definition) is 3. The van der Waals surface area contributed by atoms with Crippen LogP contribution in [-0.2, 0) is 5.54 Å². The average molecular weight is 229 g/mol. The molecule has 0 radical (unpaired) electrons. The lowest BCUT2D eigenvalue weighted by Crippen LogP contribution is -2.27. The van der Waals surface area contributed by atoms with Gasteiger partial charge in [0.15, 0.2) is 0 Å². The van der Waals surface area contributed by atoms with Crippen molar-refractivity contribution in [3.8, 4) is 11.5 Å². The smallest absolute Gasteiger partial charge is 0.272 e. The van der Waals surface area contributed by atoms with Crippen molar-refractivity contribution >= 4 is 0 Å². The van der Waals surface area contributed by atoms with Crippen LogP contribution in [0.5, 0.6) is 11.5 Å². The van der Waals surface area contributed by atoms with Gasteiger partial charge in [-0.15, -0.1) is 0 Å². The summed E-state index contributed by atoms with van der Waals surface area (Å²) in [6, 6.07) is 4.65. The number of halogens is 2. The van der Waals surface area contributed by atoms with Crippen molar-refractivity contribution in [1.82, 2.24) is 0 Å². The Morgan fingerprint density at radius 1 is 1.12 bits per heavy atom. The minimum Gasteiger partial charge on any atom is -0.497 e. The van der Waals surface area contributed by atoms with E-state index in [0.717, 1.165) is 0 Å². The first-order valence-corrected chi connectivity index (χ1v) is 4.83. The van der Waals surface area contributed by atoms with E-state index in [-0.39, 0.29) is 6.42 Å². The molecule has 2 N–H and O–H groups in total. The third-order valence-corrected chi connectivity index (χ3v) is 2.90. The minimum atomic E-state index is -2.84. The van der Waals surface area contributed by atoms with Crippen LogP contribution in [0.4, 0.5) is 8.78 Å². The molecule has 0 aliphatic heterocycles. The van der Waals surface area contributed by atoms with Gasteiger partial charge in [0, 0.05) is 12.5 Å². The molecule has 0 aromatic heterocycles. The fourth-order valence-electron chi connectivity index (χ4n) is 1.68. The number of nitrogens with two attached hydrogens (primary N) is 1. The Kier molecular flexibility index (Phi) is 2.31. The summed E-state index contributed by atoms with van der Waals surface area (Å²) in [5.74, 6) is -1.92. The Hall–Kier alpha value is -1.36. The third-order valence-electron chi connectivity index (χ3n) is 2.90. The Labute approximate surface area is 92.1 Å². The SMILES string of the molecule is COc1cc(OC)cc(C2(N)CC2(F)F)c1. The first-order chi connectivity index (χ1) is 7.43. The Bertz CT molecular complexity index is 400. The maximum atomic E-state index is 13.1. The standard InChI is InChI=1S/C11H13F2NO2/c1-15-8-3-7(4-9(5-8)16-2)10(14)6-11(10,12)13/h3-5H,6,14H2,1-2H3. The third kappa shape index (κ3) is 1.51. The lowest BCUT2D eigenvalue weighted by Gasteiger charge is -2.14. The summed E-state index contributed by atoms with van der Waals surface area (Å²) in [4.78, 5) is 0. The lowest BCUT2D eigenvalue weighted by molar-refractivity contribution is 0.0890. The topological polar surface area (TPSA) is 44.5 Å². The molecule has 1 fully saturated rings. The quantitative estimate of drug-likeness (QED) is 0.860. The van der Waals surface area contributed by atoms with Gasteiger partial charge in [0.1, 0.15) is 17.0 Å². The summed E-state index contributed by atoms with van der Waals surface area (Å²) in [6.07, 6.45) is -0.337. The molecule has 1 aliphatic carbocycles. The van der Waals surface area contributed by atoms with Crippen molar-refractivity contribution in [2.24, 2.45) is 5.73 Å². The zero-order valence-electron chi connectivity index (χ0n) is 9.09. The summed E-state index contributed by atoms with van der Waals surface area (Å²) >= 11 is 0. The molecule has 0 saturated heterocycles. The maximum Gasteiger partial charge on any atom is 0.272 e. The second kappa shape index (κ2) is 3.31. The van der Waals surface area contributed by atoms with Gasteiger partial charge >= 0.3 is 0 Å². The number of methoxy groups -OCH3 is 2. The van der Waals surface area contributed by atoms with Gasteiger partial charge in [-0.3, -0.25) is 0 Å². The number of ether oxygens (including phenoxy) is 2. The lowest BCUT2D eigenvalue weighted by atomic mass is 10.0. The van der Waals surface area contributed by atoms with Crippen molar-refractivity contribution in [1.29, 1.82) is 0 Å². The van der Waals surface area contributed by atoms with Crippen LogP contribution in [0.15, 0.2) is 18.2 Å². The first-order valence-electron chi connectivity index (χ1n) is 4.83.